The van der Waals surface area contributed by atoms with Gasteiger partial charge in [0.05, 0.1) is 0 Å². The molecule has 1 fully saturated rings. The second-order valence-corrected chi connectivity index (χ2v) is 7.12. The van der Waals surface area contributed by atoms with E-state index in [-0.39, 0.29) is 6.09 Å². The second-order valence-electron chi connectivity index (χ2n) is 6.73. The molecule has 0 spiro atoms. The summed E-state index contributed by atoms with van der Waals surface area (Å²) in [5.41, 5.74) is 5.18. The molecular formula is C15H24ClN5O2. The van der Waals surface area contributed by atoms with Crippen molar-refractivity contribution in [1.29, 1.82) is 0 Å². The first kappa shape index (κ1) is 17.6. The number of halogens is 1. The average molecular weight is 342 g/mol. The van der Waals surface area contributed by atoms with E-state index < -0.39 is 5.60 Å². The summed E-state index contributed by atoms with van der Waals surface area (Å²) in [6, 6.07) is 1.51. The van der Waals surface area contributed by atoms with Gasteiger partial charge in [-0.05, 0) is 39.5 Å². The molecule has 8 heteroatoms. The Kier molecular flexibility index (Phi) is 5.51. The summed E-state index contributed by atoms with van der Waals surface area (Å²) in [5, 5.41) is 3.48. The molecule has 1 aromatic heterocycles. The Morgan fingerprint density at radius 3 is 2.65 bits per heavy atom. The fraction of sp³-hybridized carbons (Fsp3) is 0.667. The number of nitrogens with two attached hydrogens (primary N) is 1. The molecule has 128 valence electrons. The Hall–Kier alpha value is -1.76. The summed E-state index contributed by atoms with van der Waals surface area (Å²) >= 11 is 5.85. The van der Waals surface area contributed by atoms with E-state index in [0.717, 1.165) is 19.4 Å². The second kappa shape index (κ2) is 7.21. The summed E-state index contributed by atoms with van der Waals surface area (Å²) in [4.78, 5) is 21.9. The Balaban J connectivity index is 1.77. The molecule has 0 unspecified atom stereocenters. The van der Waals surface area contributed by atoms with Crippen LogP contribution in [0.2, 0.25) is 5.15 Å². The molecule has 1 amide bonds. The van der Waals surface area contributed by atoms with Gasteiger partial charge in [0.2, 0.25) is 5.95 Å². The Morgan fingerprint density at radius 1 is 1.43 bits per heavy atom. The number of nitrogen functional groups attached to an aromatic ring is 1. The maximum atomic E-state index is 12.0. The van der Waals surface area contributed by atoms with E-state index in [1.807, 2.05) is 20.8 Å². The standard InChI is InChI=1S/C15H24ClN5O2/c1-15(2,3)23-14(22)21-6-4-10(5-7-21)9-18-13-19-11(16)8-12(17)20-13/h8,10H,4-7,9H2,1-3H3,(H3,17,18,19,20). The number of carbonyl (C=O) groups excluding carboxylic acids is 1. The molecule has 0 aliphatic carbocycles. The van der Waals surface area contributed by atoms with Crippen LogP contribution >= 0.6 is 11.6 Å². The summed E-state index contributed by atoms with van der Waals surface area (Å²) in [5.74, 6) is 1.22. The van der Waals surface area contributed by atoms with Crippen LogP contribution in [0.3, 0.4) is 0 Å². The molecule has 0 aromatic carbocycles. The van der Waals surface area contributed by atoms with Crippen LogP contribution in [-0.4, -0.2) is 46.2 Å². The minimum Gasteiger partial charge on any atom is -0.444 e. The van der Waals surface area contributed by atoms with Crippen LogP contribution in [-0.2, 0) is 4.74 Å². The molecular weight excluding hydrogens is 318 g/mol. The van der Waals surface area contributed by atoms with E-state index in [1.165, 1.54) is 6.07 Å². The van der Waals surface area contributed by atoms with Gasteiger partial charge in [0.15, 0.2) is 0 Å². The van der Waals surface area contributed by atoms with Gasteiger partial charge in [-0.25, -0.2) is 9.78 Å². The number of piperidine rings is 1. The van der Waals surface area contributed by atoms with E-state index in [1.54, 1.807) is 4.90 Å². The third-order valence-corrected chi connectivity index (χ3v) is 3.72. The number of aromatic nitrogens is 2. The minimum absolute atomic E-state index is 0.241. The van der Waals surface area contributed by atoms with Gasteiger partial charge < -0.3 is 20.7 Å². The van der Waals surface area contributed by atoms with Gasteiger partial charge in [-0.15, -0.1) is 0 Å². The number of anilines is 2. The van der Waals surface area contributed by atoms with Gasteiger partial charge in [0.1, 0.15) is 16.6 Å². The van der Waals surface area contributed by atoms with Gasteiger partial charge in [-0.1, -0.05) is 11.6 Å². The zero-order valence-corrected chi connectivity index (χ0v) is 14.6. The predicted octanol–water partition coefficient (Wildman–Crippen LogP) is 2.77. The first-order valence-corrected chi connectivity index (χ1v) is 8.12. The van der Waals surface area contributed by atoms with Crippen LogP contribution in [0.1, 0.15) is 33.6 Å². The highest BCUT2D eigenvalue weighted by atomic mass is 35.5. The molecule has 3 N–H and O–H groups in total. The van der Waals surface area contributed by atoms with Gasteiger partial charge in [0.25, 0.3) is 0 Å². The fourth-order valence-corrected chi connectivity index (χ4v) is 2.59. The molecule has 2 heterocycles. The van der Waals surface area contributed by atoms with Crippen molar-refractivity contribution in [1.82, 2.24) is 14.9 Å². The van der Waals surface area contributed by atoms with Crippen LogP contribution in [0.25, 0.3) is 0 Å². The van der Waals surface area contributed by atoms with Crippen molar-refractivity contribution >= 4 is 29.5 Å². The molecule has 2 rings (SSSR count). The maximum Gasteiger partial charge on any atom is 0.410 e. The van der Waals surface area contributed by atoms with Crippen molar-refractivity contribution in [3.05, 3.63) is 11.2 Å². The Bertz CT molecular complexity index is 533. The van der Waals surface area contributed by atoms with Crippen LogP contribution < -0.4 is 11.1 Å². The van der Waals surface area contributed by atoms with Crippen molar-refractivity contribution in [2.45, 2.75) is 39.2 Å². The number of carbonyl (C=O) groups is 1. The van der Waals surface area contributed by atoms with E-state index in [0.29, 0.717) is 35.9 Å². The predicted molar refractivity (Wildman–Crippen MR) is 90.5 cm³/mol. The monoisotopic (exact) mass is 341 g/mol. The highest BCUT2D eigenvalue weighted by molar-refractivity contribution is 6.29. The van der Waals surface area contributed by atoms with Crippen molar-refractivity contribution in [2.75, 3.05) is 30.7 Å². The molecule has 1 aliphatic rings. The summed E-state index contributed by atoms with van der Waals surface area (Å²) in [6.07, 6.45) is 1.57. The number of ether oxygens (including phenoxy) is 1. The lowest BCUT2D eigenvalue weighted by molar-refractivity contribution is 0.0188. The lowest BCUT2D eigenvalue weighted by Crippen LogP contribution is -2.42. The van der Waals surface area contributed by atoms with Crippen molar-refractivity contribution in [3.8, 4) is 0 Å². The zero-order valence-electron chi connectivity index (χ0n) is 13.8. The third-order valence-electron chi connectivity index (χ3n) is 3.53. The highest BCUT2D eigenvalue weighted by Gasteiger charge is 2.26. The first-order chi connectivity index (χ1) is 10.7. The molecule has 1 saturated heterocycles. The summed E-state index contributed by atoms with van der Waals surface area (Å²) in [7, 11) is 0. The SMILES string of the molecule is CC(C)(C)OC(=O)N1CCC(CNc2nc(N)cc(Cl)n2)CC1. The van der Waals surface area contributed by atoms with Crippen LogP contribution in [0, 0.1) is 5.92 Å². The summed E-state index contributed by atoms with van der Waals surface area (Å²) < 4.78 is 5.39. The number of likely N-dealkylation sites (tertiary alicyclic amines) is 1. The number of hydrogen-bond acceptors (Lipinski definition) is 6. The normalized spacial score (nSPS) is 16.3. The van der Waals surface area contributed by atoms with E-state index in [4.69, 9.17) is 22.1 Å². The number of rotatable bonds is 3. The number of hydrogen-bond donors (Lipinski definition) is 2. The van der Waals surface area contributed by atoms with E-state index in [9.17, 15) is 4.79 Å². The van der Waals surface area contributed by atoms with Gasteiger partial charge >= 0.3 is 6.09 Å². The highest BCUT2D eigenvalue weighted by Crippen LogP contribution is 2.20. The van der Waals surface area contributed by atoms with Gasteiger partial charge in [-0.2, -0.15) is 4.98 Å². The lowest BCUT2D eigenvalue weighted by Gasteiger charge is -2.33. The molecule has 0 atom stereocenters. The quantitative estimate of drug-likeness (QED) is 0.821. The number of nitrogens with one attached hydrogen (secondary N) is 1. The minimum atomic E-state index is -0.459. The first-order valence-electron chi connectivity index (χ1n) is 7.75. The van der Waals surface area contributed by atoms with Gasteiger partial charge in [0, 0.05) is 25.7 Å². The third kappa shape index (κ3) is 5.74. The topological polar surface area (TPSA) is 93.4 Å². The smallest absolute Gasteiger partial charge is 0.410 e. The van der Waals surface area contributed by atoms with Crippen molar-refractivity contribution in [3.63, 3.8) is 0 Å². The number of amides is 1. The zero-order chi connectivity index (χ0) is 17.0. The molecule has 0 radical (unpaired) electrons. The summed E-state index contributed by atoms with van der Waals surface area (Å²) in [6.45, 7) is 7.73. The number of nitrogens with zero attached hydrogens (tertiary/aromatic N) is 3. The Labute approximate surface area is 141 Å². The molecule has 1 aromatic rings. The van der Waals surface area contributed by atoms with Crippen LogP contribution in [0.5, 0.6) is 0 Å². The van der Waals surface area contributed by atoms with Crippen LogP contribution in [0.15, 0.2) is 6.07 Å². The lowest BCUT2D eigenvalue weighted by atomic mass is 9.97. The molecule has 23 heavy (non-hydrogen) atoms. The van der Waals surface area contributed by atoms with Crippen molar-refractivity contribution < 1.29 is 9.53 Å². The Morgan fingerprint density at radius 2 is 2.09 bits per heavy atom. The molecule has 7 nitrogen and oxygen atoms in total. The molecule has 0 bridgehead atoms. The molecule has 0 saturated carbocycles. The fourth-order valence-electron chi connectivity index (χ4n) is 2.40. The van der Waals surface area contributed by atoms with E-state index >= 15 is 0 Å². The molecule has 1 aliphatic heterocycles. The maximum absolute atomic E-state index is 12.0. The van der Waals surface area contributed by atoms with Crippen molar-refractivity contribution in [2.24, 2.45) is 5.92 Å². The average Bonchev–Trinajstić information content (AvgIpc) is 2.43. The van der Waals surface area contributed by atoms with Crippen LogP contribution in [0.4, 0.5) is 16.6 Å². The van der Waals surface area contributed by atoms with E-state index in [2.05, 4.69) is 15.3 Å². The largest absolute Gasteiger partial charge is 0.444 e. The van der Waals surface area contributed by atoms with Gasteiger partial charge in [-0.3, -0.25) is 0 Å².